The van der Waals surface area contributed by atoms with Crippen molar-refractivity contribution >= 4 is 17.1 Å². The Balaban J connectivity index is 1.58. The maximum Gasteiger partial charge on any atom is 0.272 e. The Hall–Kier alpha value is -2.52. The van der Waals surface area contributed by atoms with E-state index in [1.54, 1.807) is 17.1 Å². The molecule has 2 heterocycles. The minimum Gasteiger partial charge on any atom is -0.379 e. The lowest BCUT2D eigenvalue weighted by Gasteiger charge is -2.26. The van der Waals surface area contributed by atoms with E-state index in [4.69, 9.17) is 4.74 Å². The minimum absolute atomic E-state index is 0.174. The van der Waals surface area contributed by atoms with E-state index in [0.29, 0.717) is 5.69 Å². The highest BCUT2D eigenvalue weighted by atomic mass is 19.1. The van der Waals surface area contributed by atoms with E-state index in [0.717, 1.165) is 45.5 Å². The summed E-state index contributed by atoms with van der Waals surface area (Å²) in [7, 11) is 0. The normalized spacial score (nSPS) is 15.4. The van der Waals surface area contributed by atoms with E-state index in [9.17, 15) is 14.5 Å². The Bertz CT molecular complexity index is 715. The van der Waals surface area contributed by atoms with E-state index >= 15 is 0 Å². The highest BCUT2D eigenvalue weighted by Gasteiger charge is 2.12. The molecule has 1 aromatic carbocycles. The summed E-state index contributed by atoms with van der Waals surface area (Å²) in [6.45, 7) is 4.94. The van der Waals surface area contributed by atoms with E-state index in [2.05, 4.69) is 15.3 Å². The van der Waals surface area contributed by atoms with E-state index in [-0.39, 0.29) is 11.4 Å². The molecule has 0 radical (unpaired) electrons. The van der Waals surface area contributed by atoms with Gasteiger partial charge in [-0.1, -0.05) is 0 Å². The summed E-state index contributed by atoms with van der Waals surface area (Å²) in [6, 6.07) is 3.50. The zero-order valence-corrected chi connectivity index (χ0v) is 13.0. The Morgan fingerprint density at radius 3 is 2.83 bits per heavy atom. The van der Waals surface area contributed by atoms with Gasteiger partial charge in [0, 0.05) is 31.9 Å². The number of rotatable bonds is 6. The smallest absolute Gasteiger partial charge is 0.272 e. The highest BCUT2D eigenvalue weighted by Crippen LogP contribution is 2.23. The molecule has 128 valence electrons. The van der Waals surface area contributed by atoms with Crippen LogP contribution in [0.1, 0.15) is 0 Å². The van der Waals surface area contributed by atoms with Crippen LogP contribution < -0.4 is 5.32 Å². The number of morpholine rings is 1. The van der Waals surface area contributed by atoms with E-state index < -0.39 is 10.7 Å². The third-order valence-corrected chi connectivity index (χ3v) is 3.82. The maximum atomic E-state index is 13.9. The molecule has 1 saturated heterocycles. The number of non-ortho nitro benzene ring substituents is 1. The molecular formula is C15H18FN5O3. The predicted octanol–water partition coefficient (Wildman–Crippen LogP) is 2.01. The first-order valence-electron chi connectivity index (χ1n) is 7.65. The summed E-state index contributed by atoms with van der Waals surface area (Å²) in [4.78, 5) is 12.3. The average molecular weight is 335 g/mol. The third-order valence-electron chi connectivity index (χ3n) is 3.82. The van der Waals surface area contributed by atoms with Crippen molar-refractivity contribution in [3.63, 3.8) is 0 Å². The van der Waals surface area contributed by atoms with Gasteiger partial charge in [0.15, 0.2) is 5.82 Å². The molecule has 0 bridgehead atoms. The first-order valence-corrected chi connectivity index (χ1v) is 7.65. The fourth-order valence-corrected chi connectivity index (χ4v) is 2.49. The van der Waals surface area contributed by atoms with Crippen molar-refractivity contribution in [3.05, 3.63) is 46.5 Å². The van der Waals surface area contributed by atoms with Crippen LogP contribution >= 0.6 is 0 Å². The van der Waals surface area contributed by atoms with Gasteiger partial charge in [0.1, 0.15) is 0 Å². The van der Waals surface area contributed by atoms with Gasteiger partial charge in [-0.2, -0.15) is 5.10 Å². The predicted molar refractivity (Wildman–Crippen MR) is 85.8 cm³/mol. The van der Waals surface area contributed by atoms with Gasteiger partial charge in [-0.25, -0.2) is 4.39 Å². The Kier molecular flexibility index (Phi) is 5.02. The van der Waals surface area contributed by atoms with Crippen LogP contribution in [0.5, 0.6) is 0 Å². The molecule has 1 aliphatic heterocycles. The van der Waals surface area contributed by atoms with Gasteiger partial charge < -0.3 is 10.1 Å². The van der Waals surface area contributed by atoms with Gasteiger partial charge in [-0.3, -0.25) is 19.7 Å². The Labute approximate surface area is 138 Å². The number of nitro benzene ring substituents is 1. The number of nitro groups is 1. The fraction of sp³-hybridized carbons (Fsp3) is 0.400. The number of aromatic nitrogens is 2. The standard InChI is InChI=1S/C15H18FN5O3/c16-14-9-13(21(22)23)1-2-15(14)18-12-10-17-20(11-12)4-3-19-5-7-24-8-6-19/h1-2,9-11,18H,3-8H2. The third kappa shape index (κ3) is 4.06. The van der Waals surface area contributed by atoms with Crippen LogP contribution in [0, 0.1) is 15.9 Å². The maximum absolute atomic E-state index is 13.9. The van der Waals surface area contributed by atoms with Crippen molar-refractivity contribution in [1.29, 1.82) is 0 Å². The SMILES string of the molecule is O=[N+]([O-])c1ccc(Nc2cnn(CCN3CCOCC3)c2)c(F)c1. The molecule has 3 rings (SSSR count). The molecule has 0 unspecified atom stereocenters. The Morgan fingerprint density at radius 2 is 2.12 bits per heavy atom. The highest BCUT2D eigenvalue weighted by molar-refractivity contribution is 5.60. The number of hydrogen-bond donors (Lipinski definition) is 1. The van der Waals surface area contributed by atoms with E-state index in [1.165, 1.54) is 12.1 Å². The van der Waals surface area contributed by atoms with E-state index in [1.807, 2.05) is 0 Å². The van der Waals surface area contributed by atoms with Crippen LogP contribution in [0.3, 0.4) is 0 Å². The number of halogens is 1. The molecule has 24 heavy (non-hydrogen) atoms. The fourth-order valence-electron chi connectivity index (χ4n) is 2.49. The molecule has 0 aliphatic carbocycles. The van der Waals surface area contributed by atoms with Crippen molar-refractivity contribution in [2.24, 2.45) is 0 Å². The molecule has 0 spiro atoms. The molecule has 1 fully saturated rings. The second kappa shape index (κ2) is 7.37. The van der Waals surface area contributed by atoms with Crippen molar-refractivity contribution in [2.45, 2.75) is 6.54 Å². The molecule has 0 saturated carbocycles. The molecule has 8 nitrogen and oxygen atoms in total. The largest absolute Gasteiger partial charge is 0.379 e. The number of nitrogens with one attached hydrogen (secondary N) is 1. The summed E-state index contributed by atoms with van der Waals surface area (Å²) in [5.74, 6) is -0.676. The first-order chi connectivity index (χ1) is 11.6. The van der Waals surface area contributed by atoms with Gasteiger partial charge in [0.05, 0.1) is 48.3 Å². The number of nitrogens with zero attached hydrogens (tertiary/aromatic N) is 4. The Morgan fingerprint density at radius 1 is 1.33 bits per heavy atom. The number of hydrogen-bond acceptors (Lipinski definition) is 6. The number of anilines is 2. The topological polar surface area (TPSA) is 85.5 Å². The van der Waals surface area contributed by atoms with Crippen molar-refractivity contribution in [2.75, 3.05) is 38.2 Å². The lowest BCUT2D eigenvalue weighted by atomic mass is 10.2. The van der Waals surface area contributed by atoms with Gasteiger partial charge in [0.2, 0.25) is 0 Å². The summed E-state index contributed by atoms with van der Waals surface area (Å²) in [5, 5.41) is 17.7. The quantitative estimate of drug-likeness (QED) is 0.642. The summed E-state index contributed by atoms with van der Waals surface area (Å²) < 4.78 is 21.0. The van der Waals surface area contributed by atoms with Gasteiger partial charge in [-0.05, 0) is 6.07 Å². The second-order valence-corrected chi connectivity index (χ2v) is 5.49. The summed E-state index contributed by atoms with van der Waals surface area (Å²) in [6.07, 6.45) is 3.38. The molecule has 0 amide bonds. The molecule has 1 aromatic heterocycles. The van der Waals surface area contributed by atoms with Crippen LogP contribution in [-0.2, 0) is 11.3 Å². The number of ether oxygens (including phenoxy) is 1. The lowest BCUT2D eigenvalue weighted by Crippen LogP contribution is -2.38. The van der Waals surface area contributed by atoms with Crippen LogP contribution in [-0.4, -0.2) is 52.5 Å². The molecule has 9 heteroatoms. The first kappa shape index (κ1) is 16.3. The summed E-state index contributed by atoms with van der Waals surface area (Å²) >= 11 is 0. The molecule has 1 N–H and O–H groups in total. The summed E-state index contributed by atoms with van der Waals surface area (Å²) in [5.41, 5.74) is 0.525. The molecule has 0 atom stereocenters. The lowest BCUT2D eigenvalue weighted by molar-refractivity contribution is -0.385. The average Bonchev–Trinajstić information content (AvgIpc) is 3.03. The van der Waals surface area contributed by atoms with Gasteiger partial charge in [-0.15, -0.1) is 0 Å². The van der Waals surface area contributed by atoms with Crippen molar-refractivity contribution < 1.29 is 14.1 Å². The zero-order valence-electron chi connectivity index (χ0n) is 13.0. The monoisotopic (exact) mass is 335 g/mol. The zero-order chi connectivity index (χ0) is 16.9. The molecule has 2 aromatic rings. The molecule has 1 aliphatic rings. The van der Waals surface area contributed by atoms with Crippen LogP contribution in [0.25, 0.3) is 0 Å². The van der Waals surface area contributed by atoms with Gasteiger partial charge in [0.25, 0.3) is 5.69 Å². The van der Waals surface area contributed by atoms with Crippen LogP contribution in [0.4, 0.5) is 21.5 Å². The number of benzene rings is 1. The van der Waals surface area contributed by atoms with Crippen LogP contribution in [0.15, 0.2) is 30.6 Å². The van der Waals surface area contributed by atoms with Crippen molar-refractivity contribution in [1.82, 2.24) is 14.7 Å². The minimum atomic E-state index is -0.676. The van der Waals surface area contributed by atoms with Gasteiger partial charge >= 0.3 is 0 Å². The second-order valence-electron chi connectivity index (χ2n) is 5.49. The van der Waals surface area contributed by atoms with Crippen LogP contribution in [0.2, 0.25) is 0 Å². The van der Waals surface area contributed by atoms with Crippen molar-refractivity contribution in [3.8, 4) is 0 Å². The molecular weight excluding hydrogens is 317 g/mol.